The van der Waals surface area contributed by atoms with Crippen molar-refractivity contribution in [1.82, 2.24) is 5.32 Å². The number of imide groups is 1. The first kappa shape index (κ1) is 22.1. The van der Waals surface area contributed by atoms with E-state index in [1.807, 2.05) is 13.8 Å². The van der Waals surface area contributed by atoms with Crippen molar-refractivity contribution in [2.24, 2.45) is 5.92 Å². The number of carbonyl (C=O) groups excluding carboxylic acids is 3. The molecule has 2 aromatic rings. The number of nitriles is 1. The molecule has 0 saturated heterocycles. The van der Waals surface area contributed by atoms with E-state index in [2.05, 4.69) is 5.32 Å². The van der Waals surface area contributed by atoms with Gasteiger partial charge in [0, 0.05) is 11.1 Å². The van der Waals surface area contributed by atoms with Crippen LogP contribution in [0.25, 0.3) is 17.4 Å². The number of esters is 1. The van der Waals surface area contributed by atoms with Gasteiger partial charge in [-0.1, -0.05) is 25.4 Å². The lowest BCUT2D eigenvalue weighted by molar-refractivity contribution is -0.126. The van der Waals surface area contributed by atoms with Crippen LogP contribution in [0.3, 0.4) is 0 Å². The Kier molecular flexibility index (Phi) is 6.42. The third kappa shape index (κ3) is 4.76. The van der Waals surface area contributed by atoms with Crippen LogP contribution in [0, 0.1) is 17.2 Å². The van der Waals surface area contributed by atoms with Crippen LogP contribution in [-0.4, -0.2) is 24.4 Å². The fourth-order valence-corrected chi connectivity index (χ4v) is 3.09. The minimum atomic E-state index is -0.722. The molecule has 0 spiro atoms. The molecule has 0 fully saturated rings. The summed E-state index contributed by atoms with van der Waals surface area (Å²) >= 11 is 6.15. The Labute approximate surface area is 183 Å². The molecule has 1 N–H and O–H groups in total. The Bertz CT molecular complexity index is 1180. The van der Waals surface area contributed by atoms with Gasteiger partial charge in [0.2, 0.25) is 0 Å². The first-order chi connectivity index (χ1) is 14.7. The third-order valence-corrected chi connectivity index (χ3v) is 4.85. The van der Waals surface area contributed by atoms with Gasteiger partial charge in [0.25, 0.3) is 11.8 Å². The highest BCUT2D eigenvalue weighted by atomic mass is 35.5. The lowest BCUT2D eigenvalue weighted by atomic mass is 9.96. The second kappa shape index (κ2) is 9.02. The molecule has 158 valence electrons. The number of nitrogens with zero attached hydrogens (tertiary/aromatic N) is 1. The summed E-state index contributed by atoms with van der Waals surface area (Å²) < 4.78 is 11.0. The van der Waals surface area contributed by atoms with E-state index in [1.54, 1.807) is 36.4 Å². The molecule has 0 saturated carbocycles. The van der Waals surface area contributed by atoms with E-state index >= 15 is 0 Å². The average molecular weight is 439 g/mol. The van der Waals surface area contributed by atoms with Crippen LogP contribution in [0.5, 0.6) is 0 Å². The fraction of sp³-hybridized carbons (Fsp3) is 0.217. The Balaban J connectivity index is 1.92. The van der Waals surface area contributed by atoms with Crippen molar-refractivity contribution in [3.8, 4) is 17.4 Å². The smallest absolute Gasteiger partial charge is 0.339 e. The van der Waals surface area contributed by atoms with Gasteiger partial charge in [-0.15, -0.1) is 0 Å². The molecule has 31 heavy (non-hydrogen) atoms. The van der Waals surface area contributed by atoms with Crippen LogP contribution in [0.4, 0.5) is 0 Å². The lowest BCUT2D eigenvalue weighted by Crippen LogP contribution is -2.37. The van der Waals surface area contributed by atoms with Crippen LogP contribution >= 0.6 is 11.6 Å². The SMILES string of the molecule is CC1=C(C#N)C(=O)NC(=O)/C1=C\c1ccc(-c2ccc(Cl)c(C(=O)OCC(C)C)c2)o1. The summed E-state index contributed by atoms with van der Waals surface area (Å²) in [5.41, 5.74) is 1.12. The molecular formula is C23H19ClN2O5. The van der Waals surface area contributed by atoms with Crippen molar-refractivity contribution >= 4 is 35.5 Å². The molecule has 3 rings (SSSR count). The molecule has 1 aromatic heterocycles. The Morgan fingerprint density at radius 3 is 2.68 bits per heavy atom. The van der Waals surface area contributed by atoms with E-state index in [9.17, 15) is 14.4 Å². The zero-order chi connectivity index (χ0) is 22.7. The number of nitrogens with one attached hydrogen (secondary N) is 1. The summed E-state index contributed by atoms with van der Waals surface area (Å²) in [5.74, 6) is -0.886. The summed E-state index contributed by atoms with van der Waals surface area (Å²) in [4.78, 5) is 36.2. The molecule has 1 aromatic carbocycles. The van der Waals surface area contributed by atoms with Crippen LogP contribution in [0.2, 0.25) is 5.02 Å². The van der Waals surface area contributed by atoms with Gasteiger partial charge in [-0.05, 0) is 54.8 Å². The molecule has 1 aliphatic heterocycles. The first-order valence-corrected chi connectivity index (χ1v) is 9.84. The maximum Gasteiger partial charge on any atom is 0.339 e. The number of rotatable bonds is 5. The van der Waals surface area contributed by atoms with Crippen molar-refractivity contribution in [3.63, 3.8) is 0 Å². The van der Waals surface area contributed by atoms with Gasteiger partial charge in [0.1, 0.15) is 23.2 Å². The molecule has 0 bridgehead atoms. The summed E-state index contributed by atoms with van der Waals surface area (Å²) in [5, 5.41) is 11.5. The zero-order valence-electron chi connectivity index (χ0n) is 17.1. The van der Waals surface area contributed by atoms with Crippen LogP contribution < -0.4 is 5.32 Å². The van der Waals surface area contributed by atoms with Crippen molar-refractivity contribution in [2.75, 3.05) is 6.61 Å². The fourth-order valence-electron chi connectivity index (χ4n) is 2.90. The van der Waals surface area contributed by atoms with Crippen molar-refractivity contribution < 1.29 is 23.5 Å². The molecule has 1 aliphatic rings. The highest BCUT2D eigenvalue weighted by Crippen LogP contribution is 2.29. The molecule has 8 heteroatoms. The normalized spacial score (nSPS) is 15.3. The molecule has 2 heterocycles. The number of hydrogen-bond acceptors (Lipinski definition) is 6. The maximum absolute atomic E-state index is 12.3. The molecule has 7 nitrogen and oxygen atoms in total. The van der Waals surface area contributed by atoms with E-state index in [0.29, 0.717) is 17.1 Å². The monoisotopic (exact) mass is 438 g/mol. The van der Waals surface area contributed by atoms with Gasteiger partial charge in [0.05, 0.1) is 17.2 Å². The Hall–Kier alpha value is -3.63. The number of amides is 2. The molecule has 0 unspecified atom stereocenters. The predicted octanol–water partition coefficient (Wildman–Crippen LogP) is 4.29. The minimum Gasteiger partial charge on any atom is -0.462 e. The zero-order valence-corrected chi connectivity index (χ0v) is 17.9. The maximum atomic E-state index is 12.3. The topological polar surface area (TPSA) is 109 Å². The van der Waals surface area contributed by atoms with E-state index in [4.69, 9.17) is 26.0 Å². The standard InChI is InChI=1S/C23H19ClN2O5/c1-12(2)11-30-23(29)17-8-14(4-6-19(17)24)20-7-5-15(31-20)9-16-13(3)18(10-25)22(28)26-21(16)27/h4-9,12H,11H2,1-3H3,(H,26,27,28)/b16-9-. The summed E-state index contributed by atoms with van der Waals surface area (Å²) in [6.07, 6.45) is 1.45. The minimum absolute atomic E-state index is 0.125. The summed E-state index contributed by atoms with van der Waals surface area (Å²) in [7, 11) is 0. The van der Waals surface area contributed by atoms with Gasteiger partial charge in [-0.25, -0.2) is 4.79 Å². The molecular weight excluding hydrogens is 420 g/mol. The summed E-state index contributed by atoms with van der Waals surface area (Å²) in [6, 6.07) is 9.96. The quantitative estimate of drug-likeness (QED) is 0.423. The number of carbonyl (C=O) groups is 3. The largest absolute Gasteiger partial charge is 0.462 e. The average Bonchev–Trinajstić information content (AvgIpc) is 3.18. The summed E-state index contributed by atoms with van der Waals surface area (Å²) in [6.45, 7) is 5.67. The number of hydrogen-bond donors (Lipinski definition) is 1. The highest BCUT2D eigenvalue weighted by Gasteiger charge is 2.27. The van der Waals surface area contributed by atoms with Crippen LogP contribution in [0.15, 0.2) is 51.5 Å². The van der Waals surface area contributed by atoms with Gasteiger partial charge in [-0.3, -0.25) is 14.9 Å². The lowest BCUT2D eigenvalue weighted by Gasteiger charge is -2.15. The van der Waals surface area contributed by atoms with Gasteiger partial charge < -0.3 is 9.15 Å². The number of ether oxygens (including phenoxy) is 1. The third-order valence-electron chi connectivity index (χ3n) is 4.52. The highest BCUT2D eigenvalue weighted by molar-refractivity contribution is 6.33. The van der Waals surface area contributed by atoms with E-state index < -0.39 is 17.8 Å². The van der Waals surface area contributed by atoms with Crippen LogP contribution in [0.1, 0.15) is 36.9 Å². The van der Waals surface area contributed by atoms with E-state index in [0.717, 1.165) is 0 Å². The second-order valence-corrected chi connectivity index (χ2v) is 7.75. The molecule has 2 amide bonds. The first-order valence-electron chi connectivity index (χ1n) is 9.47. The number of benzene rings is 1. The number of halogens is 1. The predicted molar refractivity (Wildman–Crippen MR) is 114 cm³/mol. The number of furan rings is 1. The van der Waals surface area contributed by atoms with Crippen molar-refractivity contribution in [2.45, 2.75) is 20.8 Å². The second-order valence-electron chi connectivity index (χ2n) is 7.34. The van der Waals surface area contributed by atoms with Crippen molar-refractivity contribution in [3.05, 3.63) is 63.4 Å². The molecule has 0 aliphatic carbocycles. The van der Waals surface area contributed by atoms with Gasteiger partial charge in [-0.2, -0.15) is 5.26 Å². The molecule has 0 radical (unpaired) electrons. The van der Waals surface area contributed by atoms with Crippen LogP contribution in [-0.2, 0) is 14.3 Å². The Morgan fingerprint density at radius 2 is 2.00 bits per heavy atom. The Morgan fingerprint density at radius 1 is 1.26 bits per heavy atom. The van der Waals surface area contributed by atoms with E-state index in [1.165, 1.54) is 13.0 Å². The van der Waals surface area contributed by atoms with Crippen molar-refractivity contribution in [1.29, 1.82) is 5.26 Å². The van der Waals surface area contributed by atoms with Gasteiger partial charge >= 0.3 is 5.97 Å². The van der Waals surface area contributed by atoms with Gasteiger partial charge in [0.15, 0.2) is 0 Å². The molecule has 0 atom stereocenters. The van der Waals surface area contributed by atoms with E-state index in [-0.39, 0.29) is 39.8 Å².